The number of carbonyl (C=O) groups excluding carboxylic acids is 1. The molecule has 2 aromatic carbocycles. The second kappa shape index (κ2) is 8.83. The van der Waals surface area contributed by atoms with Crippen molar-refractivity contribution in [3.63, 3.8) is 0 Å². The van der Waals surface area contributed by atoms with Crippen LogP contribution in [0.25, 0.3) is 6.08 Å². The molecule has 0 aliphatic heterocycles. The third kappa shape index (κ3) is 5.18. The fraction of sp³-hybridized carbons (Fsp3) is 0. The number of nitrogens with one attached hydrogen (secondary N) is 1. The van der Waals surface area contributed by atoms with Crippen molar-refractivity contribution in [2.75, 3.05) is 5.32 Å². The minimum atomic E-state index is -0.561. The van der Waals surface area contributed by atoms with Crippen LogP contribution in [0.15, 0.2) is 80.6 Å². The van der Waals surface area contributed by atoms with E-state index in [2.05, 4.69) is 5.32 Å². The third-order valence-electron chi connectivity index (χ3n) is 3.41. The number of benzene rings is 2. The zero-order valence-corrected chi connectivity index (χ0v) is 16.1. The molecule has 0 aliphatic carbocycles. The molecule has 0 bridgehead atoms. The first kappa shape index (κ1) is 19.1. The summed E-state index contributed by atoms with van der Waals surface area (Å²) in [5.74, 6) is -0.161. The van der Waals surface area contributed by atoms with Gasteiger partial charge in [0.05, 0.1) is 10.7 Å². The summed E-state index contributed by atoms with van der Waals surface area (Å²) < 4.78 is 5.67. The molecule has 1 amide bonds. The molecule has 0 aliphatic rings. The summed E-state index contributed by atoms with van der Waals surface area (Å²) >= 11 is 13.3. The van der Waals surface area contributed by atoms with Gasteiger partial charge in [0, 0.05) is 16.0 Å². The van der Waals surface area contributed by atoms with Gasteiger partial charge in [0.15, 0.2) is 5.09 Å². The first-order valence-corrected chi connectivity index (χ1v) is 9.33. The van der Waals surface area contributed by atoms with Crippen LogP contribution in [0.5, 0.6) is 0 Å². The van der Waals surface area contributed by atoms with Crippen molar-refractivity contribution in [3.05, 3.63) is 82.0 Å². The summed E-state index contributed by atoms with van der Waals surface area (Å²) in [5.41, 5.74) is 0.344. The molecule has 0 radical (unpaired) electrons. The normalized spacial score (nSPS) is 11.1. The Morgan fingerprint density at radius 2 is 1.81 bits per heavy atom. The van der Waals surface area contributed by atoms with E-state index < -0.39 is 5.91 Å². The number of nitriles is 1. The Kier molecular flexibility index (Phi) is 6.25. The average Bonchev–Trinajstić information content (AvgIpc) is 3.10. The van der Waals surface area contributed by atoms with Gasteiger partial charge in [-0.1, -0.05) is 47.1 Å². The predicted octanol–water partition coefficient (Wildman–Crippen LogP) is 6.28. The number of carbonyl (C=O) groups is 1. The Labute approximate surface area is 170 Å². The maximum atomic E-state index is 12.3. The molecule has 3 aromatic rings. The third-order valence-corrected chi connectivity index (χ3v) is 4.92. The van der Waals surface area contributed by atoms with E-state index in [-0.39, 0.29) is 5.57 Å². The fourth-order valence-electron chi connectivity index (χ4n) is 2.13. The Hall–Kier alpha value is -2.65. The van der Waals surface area contributed by atoms with Gasteiger partial charge >= 0.3 is 0 Å². The van der Waals surface area contributed by atoms with Crippen LogP contribution in [0.2, 0.25) is 10.0 Å². The molecule has 4 nitrogen and oxygen atoms in total. The Bertz CT molecular complexity index is 1040. The second-order valence-electron chi connectivity index (χ2n) is 5.32. The maximum absolute atomic E-state index is 12.3. The SMILES string of the molecule is N#C/C(=C\c1ccc(Sc2ccc(Cl)cc2)o1)C(=O)Nc1ccccc1Cl. The van der Waals surface area contributed by atoms with E-state index in [9.17, 15) is 10.1 Å². The van der Waals surface area contributed by atoms with Crippen molar-refractivity contribution in [2.24, 2.45) is 0 Å². The van der Waals surface area contributed by atoms with Crippen LogP contribution in [-0.4, -0.2) is 5.91 Å². The van der Waals surface area contributed by atoms with Gasteiger partial charge in [0.1, 0.15) is 17.4 Å². The van der Waals surface area contributed by atoms with E-state index in [1.807, 2.05) is 18.2 Å². The van der Waals surface area contributed by atoms with Crippen LogP contribution in [0.1, 0.15) is 5.76 Å². The molecule has 7 heteroatoms. The van der Waals surface area contributed by atoms with E-state index in [1.165, 1.54) is 17.8 Å². The highest BCUT2D eigenvalue weighted by atomic mass is 35.5. The minimum Gasteiger partial charge on any atom is -0.450 e. The zero-order valence-electron chi connectivity index (χ0n) is 13.8. The highest BCUT2D eigenvalue weighted by molar-refractivity contribution is 7.99. The second-order valence-corrected chi connectivity index (χ2v) is 7.24. The zero-order chi connectivity index (χ0) is 19.2. The number of hydrogen-bond acceptors (Lipinski definition) is 4. The highest BCUT2D eigenvalue weighted by Gasteiger charge is 2.12. The van der Waals surface area contributed by atoms with Crippen LogP contribution in [0.3, 0.4) is 0 Å². The molecular weight excluding hydrogens is 403 g/mol. The molecule has 3 rings (SSSR count). The number of rotatable bonds is 5. The topological polar surface area (TPSA) is 66.0 Å². The standard InChI is InChI=1S/C20H12Cl2N2O2S/c21-14-5-8-16(9-6-14)27-19-10-7-15(26-19)11-13(12-23)20(25)24-18-4-2-1-3-17(18)22/h1-11H,(H,24,25)/b13-11+. The number of furan rings is 1. The van der Waals surface area contributed by atoms with Gasteiger partial charge in [-0.25, -0.2) is 0 Å². The van der Waals surface area contributed by atoms with E-state index in [0.29, 0.717) is 26.6 Å². The van der Waals surface area contributed by atoms with Gasteiger partial charge in [-0.15, -0.1) is 0 Å². The van der Waals surface area contributed by atoms with Crippen LogP contribution < -0.4 is 5.32 Å². The van der Waals surface area contributed by atoms with Gasteiger partial charge in [-0.2, -0.15) is 5.26 Å². The highest BCUT2D eigenvalue weighted by Crippen LogP contribution is 2.30. The van der Waals surface area contributed by atoms with Crippen molar-refractivity contribution in [1.29, 1.82) is 5.26 Å². The number of para-hydroxylation sites is 1. The molecule has 0 saturated carbocycles. The predicted molar refractivity (Wildman–Crippen MR) is 108 cm³/mol. The molecule has 0 spiro atoms. The van der Waals surface area contributed by atoms with E-state index >= 15 is 0 Å². The summed E-state index contributed by atoms with van der Waals surface area (Å²) in [5, 5.41) is 13.6. The lowest BCUT2D eigenvalue weighted by molar-refractivity contribution is -0.112. The van der Waals surface area contributed by atoms with Gasteiger partial charge in [-0.3, -0.25) is 4.79 Å². The van der Waals surface area contributed by atoms with Crippen molar-refractivity contribution in [1.82, 2.24) is 0 Å². The Morgan fingerprint density at radius 1 is 1.07 bits per heavy atom. The average molecular weight is 415 g/mol. The van der Waals surface area contributed by atoms with Gasteiger partial charge in [0.2, 0.25) is 0 Å². The number of anilines is 1. The van der Waals surface area contributed by atoms with Crippen molar-refractivity contribution in [2.45, 2.75) is 9.99 Å². The number of halogens is 2. The minimum absolute atomic E-state index is 0.0905. The molecule has 27 heavy (non-hydrogen) atoms. The summed E-state index contributed by atoms with van der Waals surface area (Å²) in [7, 11) is 0. The molecule has 1 N–H and O–H groups in total. The smallest absolute Gasteiger partial charge is 0.266 e. The summed E-state index contributed by atoms with van der Waals surface area (Å²) in [6, 6.07) is 19.5. The molecule has 134 valence electrons. The first-order chi connectivity index (χ1) is 13.0. The molecule has 1 aromatic heterocycles. The lowest BCUT2D eigenvalue weighted by Crippen LogP contribution is -2.13. The van der Waals surface area contributed by atoms with Crippen molar-refractivity contribution < 1.29 is 9.21 Å². The molecule has 0 saturated heterocycles. The quantitative estimate of drug-likeness (QED) is 0.393. The lowest BCUT2D eigenvalue weighted by Gasteiger charge is -2.05. The van der Waals surface area contributed by atoms with Gasteiger partial charge in [0.25, 0.3) is 5.91 Å². The van der Waals surface area contributed by atoms with E-state index in [0.717, 1.165) is 4.90 Å². The van der Waals surface area contributed by atoms with E-state index in [1.54, 1.807) is 48.5 Å². The maximum Gasteiger partial charge on any atom is 0.266 e. The van der Waals surface area contributed by atoms with Gasteiger partial charge < -0.3 is 9.73 Å². The summed E-state index contributed by atoms with van der Waals surface area (Å²) in [6.45, 7) is 0. The molecule has 0 fully saturated rings. The van der Waals surface area contributed by atoms with E-state index in [4.69, 9.17) is 27.6 Å². The number of nitrogens with zero attached hydrogens (tertiary/aromatic N) is 1. The fourth-order valence-corrected chi connectivity index (χ4v) is 3.22. The monoisotopic (exact) mass is 414 g/mol. The molecule has 0 unspecified atom stereocenters. The van der Waals surface area contributed by atoms with Crippen LogP contribution in [0, 0.1) is 11.3 Å². The van der Waals surface area contributed by atoms with Crippen molar-refractivity contribution >= 4 is 52.6 Å². The van der Waals surface area contributed by atoms with Crippen molar-refractivity contribution in [3.8, 4) is 6.07 Å². The first-order valence-electron chi connectivity index (χ1n) is 7.76. The van der Waals surface area contributed by atoms with Crippen LogP contribution >= 0.6 is 35.0 Å². The summed E-state index contributed by atoms with van der Waals surface area (Å²) in [4.78, 5) is 13.3. The largest absolute Gasteiger partial charge is 0.450 e. The summed E-state index contributed by atoms with van der Waals surface area (Å²) in [6.07, 6.45) is 1.39. The number of amides is 1. The lowest BCUT2D eigenvalue weighted by atomic mass is 10.2. The molecule has 1 heterocycles. The Balaban J connectivity index is 1.73. The molecule has 0 atom stereocenters. The van der Waals surface area contributed by atoms with Crippen LogP contribution in [0.4, 0.5) is 5.69 Å². The molecular formula is C20H12Cl2N2O2S. The Morgan fingerprint density at radius 3 is 2.52 bits per heavy atom. The number of hydrogen-bond donors (Lipinski definition) is 1. The van der Waals surface area contributed by atoms with Gasteiger partial charge in [-0.05, 0) is 48.5 Å². The van der Waals surface area contributed by atoms with Crippen LogP contribution in [-0.2, 0) is 4.79 Å².